The highest BCUT2D eigenvalue weighted by Crippen LogP contribution is 2.28. The summed E-state index contributed by atoms with van der Waals surface area (Å²) in [7, 11) is 0. The van der Waals surface area contributed by atoms with Crippen LogP contribution < -0.4 is 11.4 Å². The first kappa shape index (κ1) is 11.1. The Bertz CT molecular complexity index is 432. The Kier molecular flexibility index (Phi) is 2.93. The van der Waals surface area contributed by atoms with Crippen LogP contribution in [0.25, 0.3) is 0 Å². The number of nitrogens with two attached hydrogens (primary N) is 1. The molecule has 1 saturated heterocycles. The van der Waals surface area contributed by atoms with E-state index in [2.05, 4.69) is 4.98 Å². The maximum Gasteiger partial charge on any atom is 0.351 e. The molecule has 1 fully saturated rings. The molecule has 0 saturated carbocycles. The molecule has 0 aliphatic carbocycles. The van der Waals surface area contributed by atoms with Gasteiger partial charge >= 0.3 is 5.69 Å². The number of hydrogen-bond acceptors (Lipinski definition) is 5. The third-order valence-corrected chi connectivity index (χ3v) is 2.77. The number of rotatable bonds is 2. The van der Waals surface area contributed by atoms with E-state index in [0.717, 1.165) is 6.42 Å². The second-order valence-corrected chi connectivity index (χ2v) is 3.88. The summed E-state index contributed by atoms with van der Waals surface area (Å²) >= 11 is 0. The average Bonchev–Trinajstić information content (AvgIpc) is 2.59. The molecule has 2 heterocycles. The number of aromatic nitrogens is 2. The molecule has 0 amide bonds. The topological polar surface area (TPSA) is 90.4 Å². The molecule has 6 nitrogen and oxygen atoms in total. The van der Waals surface area contributed by atoms with Crippen LogP contribution >= 0.6 is 0 Å². The molecule has 0 bridgehead atoms. The predicted octanol–water partition coefficient (Wildman–Crippen LogP) is -0.116. The van der Waals surface area contributed by atoms with Gasteiger partial charge in [-0.15, -0.1) is 0 Å². The molecular formula is C10H15N3O3. The number of anilines is 1. The lowest BCUT2D eigenvalue weighted by molar-refractivity contribution is -0.0216. The second kappa shape index (κ2) is 4.23. The van der Waals surface area contributed by atoms with E-state index >= 15 is 0 Å². The van der Waals surface area contributed by atoms with E-state index in [0.29, 0.717) is 6.42 Å². The molecular weight excluding hydrogens is 210 g/mol. The zero-order valence-electron chi connectivity index (χ0n) is 9.04. The van der Waals surface area contributed by atoms with Gasteiger partial charge in [-0.05, 0) is 12.5 Å². The van der Waals surface area contributed by atoms with Gasteiger partial charge in [0, 0.05) is 12.6 Å². The lowest BCUT2D eigenvalue weighted by Gasteiger charge is -2.14. The largest absolute Gasteiger partial charge is 0.390 e. The molecule has 16 heavy (non-hydrogen) atoms. The third kappa shape index (κ3) is 1.94. The first-order valence-electron chi connectivity index (χ1n) is 5.30. The van der Waals surface area contributed by atoms with Gasteiger partial charge in [-0.1, -0.05) is 6.92 Å². The van der Waals surface area contributed by atoms with Gasteiger partial charge in [0.25, 0.3) is 0 Å². The third-order valence-electron chi connectivity index (χ3n) is 2.77. The molecule has 0 unspecified atom stereocenters. The van der Waals surface area contributed by atoms with Crippen LogP contribution in [0.1, 0.15) is 26.0 Å². The van der Waals surface area contributed by atoms with Crippen molar-refractivity contribution in [3.8, 4) is 0 Å². The standard InChI is InChI=1S/C10H15N3O3/c1-2-7-6(14)5-9(16-7)13-4-3-8(11)12-10(13)15/h3-4,6-7,9,14H,2,5H2,1H3,(H2,11,12,15)/t6-,7+,9+/m0/s1. The lowest BCUT2D eigenvalue weighted by Crippen LogP contribution is -2.27. The van der Waals surface area contributed by atoms with Gasteiger partial charge < -0.3 is 15.6 Å². The normalized spacial score (nSPS) is 29.5. The Hall–Kier alpha value is -1.40. The zero-order chi connectivity index (χ0) is 11.7. The highest BCUT2D eigenvalue weighted by Gasteiger charge is 2.34. The maximum atomic E-state index is 11.5. The molecule has 1 aromatic rings. The van der Waals surface area contributed by atoms with Crippen molar-refractivity contribution in [1.29, 1.82) is 0 Å². The van der Waals surface area contributed by atoms with Crippen molar-refractivity contribution in [2.45, 2.75) is 38.2 Å². The van der Waals surface area contributed by atoms with Crippen LogP contribution in [0, 0.1) is 0 Å². The van der Waals surface area contributed by atoms with Crippen LogP contribution in [0.2, 0.25) is 0 Å². The predicted molar refractivity (Wildman–Crippen MR) is 57.7 cm³/mol. The van der Waals surface area contributed by atoms with Crippen molar-refractivity contribution in [2.24, 2.45) is 0 Å². The summed E-state index contributed by atoms with van der Waals surface area (Å²) in [5, 5.41) is 9.68. The summed E-state index contributed by atoms with van der Waals surface area (Å²) in [4.78, 5) is 15.2. The summed E-state index contributed by atoms with van der Waals surface area (Å²) in [6.07, 6.45) is 1.48. The molecule has 0 spiro atoms. The Labute approximate surface area is 92.7 Å². The number of nitrogens with zero attached hydrogens (tertiary/aromatic N) is 2. The smallest absolute Gasteiger partial charge is 0.351 e. The highest BCUT2D eigenvalue weighted by molar-refractivity contribution is 5.23. The Balaban J connectivity index is 2.23. The van der Waals surface area contributed by atoms with E-state index in [1.807, 2.05) is 6.92 Å². The van der Waals surface area contributed by atoms with Crippen LogP contribution in [0.3, 0.4) is 0 Å². The monoisotopic (exact) mass is 225 g/mol. The van der Waals surface area contributed by atoms with Crippen LogP contribution in [-0.2, 0) is 4.74 Å². The number of ether oxygens (including phenoxy) is 1. The molecule has 88 valence electrons. The minimum atomic E-state index is -0.528. The summed E-state index contributed by atoms with van der Waals surface area (Å²) < 4.78 is 6.92. The van der Waals surface area contributed by atoms with Gasteiger partial charge in [0.15, 0.2) is 0 Å². The molecule has 1 aliphatic rings. The van der Waals surface area contributed by atoms with Gasteiger partial charge in [-0.2, -0.15) is 4.98 Å². The lowest BCUT2D eigenvalue weighted by atomic mass is 10.1. The van der Waals surface area contributed by atoms with Crippen molar-refractivity contribution in [2.75, 3.05) is 5.73 Å². The Morgan fingerprint density at radius 2 is 2.50 bits per heavy atom. The van der Waals surface area contributed by atoms with Gasteiger partial charge in [-0.3, -0.25) is 4.57 Å². The molecule has 0 aromatic carbocycles. The molecule has 1 aliphatic heterocycles. The quantitative estimate of drug-likeness (QED) is 0.732. The van der Waals surface area contributed by atoms with Crippen molar-refractivity contribution < 1.29 is 9.84 Å². The molecule has 6 heteroatoms. The zero-order valence-corrected chi connectivity index (χ0v) is 9.04. The molecule has 0 radical (unpaired) electrons. The van der Waals surface area contributed by atoms with Crippen molar-refractivity contribution >= 4 is 5.82 Å². The first-order chi connectivity index (χ1) is 7.61. The minimum Gasteiger partial charge on any atom is -0.390 e. The van der Waals surface area contributed by atoms with Gasteiger partial charge in [0.2, 0.25) is 0 Å². The summed E-state index contributed by atoms with van der Waals surface area (Å²) in [6, 6.07) is 1.54. The highest BCUT2D eigenvalue weighted by atomic mass is 16.5. The SMILES string of the molecule is CC[C@H]1O[C@@H](n2ccc(N)nc2=O)C[C@@H]1O. The van der Waals surface area contributed by atoms with Crippen LogP contribution in [0.4, 0.5) is 5.82 Å². The van der Waals surface area contributed by atoms with E-state index in [-0.39, 0.29) is 11.9 Å². The number of hydrogen-bond donors (Lipinski definition) is 2. The number of aliphatic hydroxyl groups excluding tert-OH is 1. The van der Waals surface area contributed by atoms with Crippen LogP contribution in [0.5, 0.6) is 0 Å². The molecule has 1 aromatic heterocycles. The Morgan fingerprint density at radius 1 is 1.75 bits per heavy atom. The number of aliphatic hydroxyl groups is 1. The summed E-state index contributed by atoms with van der Waals surface area (Å²) in [5.74, 6) is 0.187. The van der Waals surface area contributed by atoms with E-state index in [1.165, 1.54) is 10.6 Å². The summed E-state index contributed by atoms with van der Waals surface area (Å²) in [6.45, 7) is 1.93. The van der Waals surface area contributed by atoms with E-state index in [4.69, 9.17) is 10.5 Å². The van der Waals surface area contributed by atoms with Gasteiger partial charge in [0.05, 0.1) is 12.2 Å². The first-order valence-corrected chi connectivity index (χ1v) is 5.30. The van der Waals surface area contributed by atoms with Crippen molar-refractivity contribution in [3.05, 3.63) is 22.7 Å². The average molecular weight is 225 g/mol. The second-order valence-electron chi connectivity index (χ2n) is 3.88. The van der Waals surface area contributed by atoms with Gasteiger partial charge in [-0.25, -0.2) is 4.79 Å². The summed E-state index contributed by atoms with van der Waals surface area (Å²) in [5.41, 5.74) is 4.94. The van der Waals surface area contributed by atoms with Crippen LogP contribution in [-0.4, -0.2) is 26.9 Å². The number of nitrogen functional groups attached to an aromatic ring is 1. The van der Waals surface area contributed by atoms with Crippen molar-refractivity contribution in [1.82, 2.24) is 9.55 Å². The molecule has 3 atom stereocenters. The molecule has 2 rings (SSSR count). The minimum absolute atomic E-state index is 0.187. The maximum absolute atomic E-state index is 11.5. The fourth-order valence-corrected chi connectivity index (χ4v) is 1.90. The van der Waals surface area contributed by atoms with E-state index in [9.17, 15) is 9.90 Å². The van der Waals surface area contributed by atoms with E-state index in [1.54, 1.807) is 6.20 Å². The Morgan fingerprint density at radius 3 is 3.06 bits per heavy atom. The fraction of sp³-hybridized carbons (Fsp3) is 0.600. The fourth-order valence-electron chi connectivity index (χ4n) is 1.90. The van der Waals surface area contributed by atoms with Crippen molar-refractivity contribution in [3.63, 3.8) is 0 Å². The van der Waals surface area contributed by atoms with Crippen LogP contribution in [0.15, 0.2) is 17.1 Å². The van der Waals surface area contributed by atoms with E-state index < -0.39 is 18.0 Å². The van der Waals surface area contributed by atoms with Gasteiger partial charge in [0.1, 0.15) is 12.0 Å². The molecule has 3 N–H and O–H groups in total.